The van der Waals surface area contributed by atoms with E-state index in [1.165, 1.54) is 11.9 Å². The number of nitrogens with one attached hydrogen (secondary N) is 1. The van der Waals surface area contributed by atoms with Crippen molar-refractivity contribution in [1.82, 2.24) is 19.8 Å². The number of amides is 2. The van der Waals surface area contributed by atoms with E-state index < -0.39 is 0 Å². The molecule has 7 nitrogen and oxygen atoms in total. The van der Waals surface area contributed by atoms with Gasteiger partial charge in [0.1, 0.15) is 5.69 Å². The van der Waals surface area contributed by atoms with Crippen LogP contribution in [0.3, 0.4) is 0 Å². The average Bonchev–Trinajstić information content (AvgIpc) is 2.91. The molecule has 5 rings (SSSR count). The third-order valence-corrected chi connectivity index (χ3v) is 7.17. The van der Waals surface area contributed by atoms with Crippen LogP contribution >= 0.6 is 11.9 Å². The van der Waals surface area contributed by atoms with Gasteiger partial charge in [-0.2, -0.15) is 0 Å². The van der Waals surface area contributed by atoms with Crippen LogP contribution in [0.15, 0.2) is 77.8 Å². The Labute approximate surface area is 214 Å². The van der Waals surface area contributed by atoms with Gasteiger partial charge < -0.3 is 14.5 Å². The topological polar surface area (TPSA) is 78.4 Å². The van der Waals surface area contributed by atoms with Gasteiger partial charge in [0.05, 0.1) is 10.4 Å². The van der Waals surface area contributed by atoms with E-state index in [9.17, 15) is 9.59 Å². The van der Waals surface area contributed by atoms with Crippen molar-refractivity contribution in [1.29, 1.82) is 0 Å². The molecule has 2 aromatic carbocycles. The lowest BCUT2D eigenvalue weighted by molar-refractivity contribution is 0.0532. The van der Waals surface area contributed by atoms with Gasteiger partial charge in [0.2, 0.25) is 0 Å². The predicted octanol–water partition coefficient (Wildman–Crippen LogP) is 4.96. The number of carbonyl (C=O) groups is 2. The van der Waals surface area contributed by atoms with Crippen molar-refractivity contribution in [2.45, 2.75) is 18.7 Å². The Balaban J connectivity index is 1.20. The van der Waals surface area contributed by atoms with Crippen molar-refractivity contribution >= 4 is 40.4 Å². The number of para-hydroxylation sites is 1. The van der Waals surface area contributed by atoms with E-state index in [0.717, 1.165) is 32.7 Å². The van der Waals surface area contributed by atoms with Crippen molar-refractivity contribution in [3.8, 4) is 0 Å². The molecule has 8 heteroatoms. The number of hydrogen-bond acceptors (Lipinski definition) is 6. The highest BCUT2D eigenvalue weighted by molar-refractivity contribution is 8.00. The minimum Gasteiger partial charge on any atom is -0.335 e. The van der Waals surface area contributed by atoms with E-state index in [2.05, 4.69) is 14.7 Å². The zero-order valence-electron chi connectivity index (χ0n) is 20.3. The van der Waals surface area contributed by atoms with E-state index in [1.807, 2.05) is 79.4 Å². The number of carbonyl (C=O) groups excluding carboxylic acids is 2. The number of aromatic nitrogens is 2. The zero-order valence-corrected chi connectivity index (χ0v) is 21.1. The van der Waals surface area contributed by atoms with Crippen LogP contribution in [-0.4, -0.2) is 57.8 Å². The Hall–Kier alpha value is -3.91. The molecule has 0 spiro atoms. The molecule has 0 unspecified atom stereocenters. The van der Waals surface area contributed by atoms with Crippen molar-refractivity contribution in [2.24, 2.45) is 0 Å². The first-order chi connectivity index (χ1) is 17.5. The summed E-state index contributed by atoms with van der Waals surface area (Å²) in [6.45, 7) is 5.85. The van der Waals surface area contributed by atoms with Crippen molar-refractivity contribution in [3.63, 3.8) is 0 Å². The lowest BCUT2D eigenvalue weighted by Crippen LogP contribution is -2.50. The van der Waals surface area contributed by atoms with Crippen LogP contribution in [0, 0.1) is 13.8 Å². The van der Waals surface area contributed by atoms with Gasteiger partial charge in [0.25, 0.3) is 11.8 Å². The number of aryl methyl sites for hydroxylation is 2. The lowest BCUT2D eigenvalue weighted by Gasteiger charge is -2.34. The maximum atomic E-state index is 13.2. The quantitative estimate of drug-likeness (QED) is 0.393. The van der Waals surface area contributed by atoms with Gasteiger partial charge in [0.15, 0.2) is 0 Å². The second-order valence-corrected chi connectivity index (χ2v) is 9.66. The third kappa shape index (κ3) is 5.04. The number of anilines is 1. The van der Waals surface area contributed by atoms with Crippen molar-refractivity contribution < 1.29 is 9.59 Å². The normalized spacial score (nSPS) is 13.6. The SMILES string of the molecule is Cc1cccc(C(=O)N2CCN(C(=O)c3ccc(NSc4cccc5cccnc45)c(C)c3)CC2)n1. The number of piperazine rings is 1. The molecule has 182 valence electrons. The summed E-state index contributed by atoms with van der Waals surface area (Å²) >= 11 is 1.51. The van der Waals surface area contributed by atoms with Crippen LogP contribution in [0.4, 0.5) is 5.69 Å². The standard InChI is InChI=1S/C28H27N5O2S/c1-19-18-22(11-12-23(19)31-36-25-10-4-7-21-8-5-13-29-26(21)25)27(34)32-14-16-33(17-15-32)28(35)24-9-3-6-20(2)30-24/h3-13,18,31H,14-17H2,1-2H3. The minimum absolute atomic E-state index is 0.0173. The van der Waals surface area contributed by atoms with Gasteiger partial charge in [-0.15, -0.1) is 0 Å². The van der Waals surface area contributed by atoms with Gasteiger partial charge in [-0.1, -0.05) is 24.3 Å². The van der Waals surface area contributed by atoms with Crippen molar-refractivity contribution in [3.05, 3.63) is 95.4 Å². The summed E-state index contributed by atoms with van der Waals surface area (Å²) in [5.74, 6) is -0.104. The highest BCUT2D eigenvalue weighted by Gasteiger charge is 2.26. The van der Waals surface area contributed by atoms with Crippen LogP contribution in [0.1, 0.15) is 32.1 Å². The molecule has 1 aliphatic heterocycles. The summed E-state index contributed by atoms with van der Waals surface area (Å²) in [5, 5.41) is 1.10. The van der Waals surface area contributed by atoms with Crippen LogP contribution in [0.25, 0.3) is 10.9 Å². The third-order valence-electron chi connectivity index (χ3n) is 6.30. The second kappa shape index (κ2) is 10.4. The number of pyridine rings is 2. The molecule has 0 bridgehead atoms. The second-order valence-electron chi connectivity index (χ2n) is 8.81. The summed E-state index contributed by atoms with van der Waals surface area (Å²) < 4.78 is 3.41. The fourth-order valence-electron chi connectivity index (χ4n) is 4.30. The Morgan fingerprint density at radius 1 is 0.861 bits per heavy atom. The van der Waals surface area contributed by atoms with Crippen molar-refractivity contribution in [2.75, 3.05) is 30.9 Å². The molecule has 36 heavy (non-hydrogen) atoms. The molecule has 1 N–H and O–H groups in total. The van der Waals surface area contributed by atoms with Crippen LogP contribution in [0.2, 0.25) is 0 Å². The van der Waals surface area contributed by atoms with Gasteiger partial charge in [-0.05, 0) is 73.8 Å². The summed E-state index contributed by atoms with van der Waals surface area (Å²) in [6.07, 6.45) is 1.80. The fraction of sp³-hybridized carbons (Fsp3) is 0.214. The molecule has 4 aromatic rings. The molecular weight excluding hydrogens is 470 g/mol. The van der Waals surface area contributed by atoms with Crippen LogP contribution < -0.4 is 4.72 Å². The molecule has 1 fully saturated rings. The van der Waals surface area contributed by atoms with E-state index >= 15 is 0 Å². The van der Waals surface area contributed by atoms with Gasteiger partial charge >= 0.3 is 0 Å². The maximum Gasteiger partial charge on any atom is 0.272 e. The summed E-state index contributed by atoms with van der Waals surface area (Å²) in [7, 11) is 0. The number of fused-ring (bicyclic) bond motifs is 1. The van der Waals surface area contributed by atoms with E-state index in [1.54, 1.807) is 17.2 Å². The first-order valence-electron chi connectivity index (χ1n) is 11.9. The first kappa shape index (κ1) is 23.8. The van der Waals surface area contributed by atoms with Crippen LogP contribution in [-0.2, 0) is 0 Å². The molecule has 1 aliphatic rings. The van der Waals surface area contributed by atoms with Gasteiger partial charge in [0, 0.05) is 54.7 Å². The van der Waals surface area contributed by atoms with Crippen LogP contribution in [0.5, 0.6) is 0 Å². The predicted molar refractivity (Wildman–Crippen MR) is 143 cm³/mol. The molecular formula is C28H27N5O2S. The number of nitrogens with zero attached hydrogens (tertiary/aromatic N) is 4. The molecule has 0 saturated carbocycles. The smallest absolute Gasteiger partial charge is 0.272 e. The Morgan fingerprint density at radius 2 is 1.58 bits per heavy atom. The fourth-order valence-corrected chi connectivity index (χ4v) is 5.16. The number of rotatable bonds is 5. The summed E-state index contributed by atoms with van der Waals surface area (Å²) in [4.78, 5) is 39.4. The molecule has 0 atom stereocenters. The largest absolute Gasteiger partial charge is 0.335 e. The molecule has 3 heterocycles. The molecule has 2 amide bonds. The lowest BCUT2D eigenvalue weighted by atomic mass is 10.1. The van der Waals surface area contributed by atoms with E-state index in [4.69, 9.17) is 0 Å². The molecule has 1 saturated heterocycles. The average molecular weight is 498 g/mol. The molecule has 0 radical (unpaired) electrons. The highest BCUT2D eigenvalue weighted by atomic mass is 32.2. The number of benzene rings is 2. The monoisotopic (exact) mass is 497 g/mol. The minimum atomic E-state index is -0.0871. The van der Waals surface area contributed by atoms with Gasteiger partial charge in [-0.25, -0.2) is 4.98 Å². The molecule has 0 aliphatic carbocycles. The summed E-state index contributed by atoms with van der Waals surface area (Å²) in [5.41, 5.74) is 4.81. The van der Waals surface area contributed by atoms with E-state index in [0.29, 0.717) is 37.4 Å². The Morgan fingerprint density at radius 3 is 2.33 bits per heavy atom. The molecule has 2 aromatic heterocycles. The maximum absolute atomic E-state index is 13.2. The number of hydrogen-bond donors (Lipinski definition) is 1. The van der Waals surface area contributed by atoms with Gasteiger partial charge in [-0.3, -0.25) is 14.6 Å². The summed E-state index contributed by atoms with van der Waals surface area (Å²) in [6, 6.07) is 21.3. The van der Waals surface area contributed by atoms with E-state index in [-0.39, 0.29) is 11.8 Å². The first-order valence-corrected chi connectivity index (χ1v) is 12.7. The Kier molecular flexibility index (Phi) is 6.86. The zero-order chi connectivity index (χ0) is 25.1. The highest BCUT2D eigenvalue weighted by Crippen LogP contribution is 2.29. The Bertz CT molecular complexity index is 1430.